The third-order valence-electron chi connectivity index (χ3n) is 11.8. The van der Waals surface area contributed by atoms with Gasteiger partial charge in [0, 0.05) is 6.42 Å². The number of amides is 1. The van der Waals surface area contributed by atoms with E-state index in [0.717, 1.165) is 38.5 Å². The van der Waals surface area contributed by atoms with Crippen molar-refractivity contribution in [3.63, 3.8) is 0 Å². The van der Waals surface area contributed by atoms with Crippen LogP contribution in [0.1, 0.15) is 245 Å². The molecule has 0 aliphatic carbocycles. The standard InChI is InChI=1S/C53H103N2O6P/c1-6-8-10-12-14-16-18-19-20-21-22-23-24-25-26-27-28-29-30-31-32-33-34-35-37-39-41-43-45-47-53(57)54-51(50-61-62(58,59)60-49-48-55(3,4)5)52(56)46-44-42-40-38-36-17-15-13-11-9-7-2/h25-26,36,38,44,46,51-52,56H,6-24,27-35,37,39-43,45,47-50H2,1-5H3,(H-,54,57,58,59)/p+1/b26-25-,38-36+,46-44+. The average Bonchev–Trinajstić information content (AvgIpc) is 3.23. The monoisotopic (exact) mass is 896 g/mol. The van der Waals surface area contributed by atoms with Crippen molar-refractivity contribution in [3.8, 4) is 0 Å². The summed E-state index contributed by atoms with van der Waals surface area (Å²) in [5.74, 6) is -0.187. The highest BCUT2D eigenvalue weighted by Gasteiger charge is 2.27. The molecule has 0 aromatic carbocycles. The van der Waals surface area contributed by atoms with Crippen LogP contribution in [0.4, 0.5) is 0 Å². The minimum absolute atomic E-state index is 0.0566. The Morgan fingerprint density at radius 1 is 0.532 bits per heavy atom. The van der Waals surface area contributed by atoms with Gasteiger partial charge in [-0.2, -0.15) is 0 Å². The third kappa shape index (κ3) is 46.7. The predicted octanol–water partition coefficient (Wildman–Crippen LogP) is 15.4. The van der Waals surface area contributed by atoms with Gasteiger partial charge in [0.1, 0.15) is 13.2 Å². The number of phosphoric ester groups is 1. The van der Waals surface area contributed by atoms with Crippen LogP contribution in [0.3, 0.4) is 0 Å². The summed E-state index contributed by atoms with van der Waals surface area (Å²) < 4.78 is 23.6. The van der Waals surface area contributed by atoms with Gasteiger partial charge in [0.05, 0.1) is 39.9 Å². The lowest BCUT2D eigenvalue weighted by molar-refractivity contribution is -0.870. The second kappa shape index (κ2) is 44.9. The van der Waals surface area contributed by atoms with E-state index < -0.39 is 20.0 Å². The Balaban J connectivity index is 4.07. The van der Waals surface area contributed by atoms with Crippen molar-refractivity contribution < 1.29 is 32.9 Å². The average molecular weight is 896 g/mol. The molecular weight excluding hydrogens is 792 g/mol. The topological polar surface area (TPSA) is 105 Å². The first-order chi connectivity index (χ1) is 30.0. The maximum absolute atomic E-state index is 12.9. The number of nitrogens with zero attached hydrogens (tertiary/aromatic N) is 1. The zero-order valence-electron chi connectivity index (χ0n) is 41.6. The molecule has 1 amide bonds. The summed E-state index contributed by atoms with van der Waals surface area (Å²) in [7, 11) is 1.56. The number of likely N-dealkylation sites (N-methyl/N-ethyl adjacent to an activating group) is 1. The molecule has 0 aromatic rings. The van der Waals surface area contributed by atoms with Gasteiger partial charge in [-0.25, -0.2) is 4.57 Å². The van der Waals surface area contributed by atoms with Gasteiger partial charge in [-0.1, -0.05) is 217 Å². The minimum Gasteiger partial charge on any atom is -0.387 e. The summed E-state index contributed by atoms with van der Waals surface area (Å²) >= 11 is 0. The van der Waals surface area contributed by atoms with Crippen LogP contribution in [0.25, 0.3) is 0 Å². The SMILES string of the molecule is CCCCCCC/C=C/CC/C=C/C(O)C(COP(=O)(O)OCC[N+](C)(C)C)NC(=O)CCCCCCCCCCCCCCC/C=C\CCCCCCCCCCCCCC. The fourth-order valence-electron chi connectivity index (χ4n) is 7.64. The van der Waals surface area contributed by atoms with E-state index >= 15 is 0 Å². The Bertz CT molecular complexity index is 1110. The highest BCUT2D eigenvalue weighted by Crippen LogP contribution is 2.43. The van der Waals surface area contributed by atoms with Crippen LogP contribution in [-0.4, -0.2) is 73.4 Å². The minimum atomic E-state index is -4.34. The number of hydrogen-bond acceptors (Lipinski definition) is 5. The number of hydrogen-bond donors (Lipinski definition) is 3. The molecule has 3 unspecified atom stereocenters. The molecule has 366 valence electrons. The Morgan fingerprint density at radius 2 is 0.887 bits per heavy atom. The van der Waals surface area contributed by atoms with E-state index in [1.54, 1.807) is 6.08 Å². The number of carbonyl (C=O) groups excluding carboxylic acids is 1. The summed E-state index contributed by atoms with van der Waals surface area (Å²) in [6.07, 6.45) is 56.8. The van der Waals surface area contributed by atoms with Gasteiger partial charge in [0.15, 0.2) is 0 Å². The molecule has 0 bridgehead atoms. The van der Waals surface area contributed by atoms with Crippen molar-refractivity contribution in [1.29, 1.82) is 0 Å². The second-order valence-corrected chi connectivity index (χ2v) is 20.7. The molecule has 9 heteroatoms. The molecule has 3 atom stereocenters. The van der Waals surface area contributed by atoms with E-state index in [1.807, 2.05) is 27.2 Å². The number of allylic oxidation sites excluding steroid dienone is 5. The van der Waals surface area contributed by atoms with Gasteiger partial charge >= 0.3 is 7.82 Å². The first kappa shape index (κ1) is 60.7. The fourth-order valence-corrected chi connectivity index (χ4v) is 8.38. The van der Waals surface area contributed by atoms with Crippen LogP contribution in [-0.2, 0) is 18.4 Å². The van der Waals surface area contributed by atoms with Gasteiger partial charge in [-0.05, 0) is 57.8 Å². The highest BCUT2D eigenvalue weighted by atomic mass is 31.2. The summed E-state index contributed by atoms with van der Waals surface area (Å²) in [4.78, 5) is 23.2. The normalized spacial score (nSPS) is 14.4. The maximum Gasteiger partial charge on any atom is 0.472 e. The quantitative estimate of drug-likeness (QED) is 0.0243. The molecule has 62 heavy (non-hydrogen) atoms. The van der Waals surface area contributed by atoms with Crippen molar-refractivity contribution >= 4 is 13.7 Å². The lowest BCUT2D eigenvalue weighted by atomic mass is 10.0. The largest absolute Gasteiger partial charge is 0.472 e. The van der Waals surface area contributed by atoms with Crippen molar-refractivity contribution in [3.05, 3.63) is 36.5 Å². The molecular formula is C53H104N2O6P+. The molecule has 0 aliphatic heterocycles. The Hall–Kier alpha value is -1.28. The second-order valence-electron chi connectivity index (χ2n) is 19.2. The summed E-state index contributed by atoms with van der Waals surface area (Å²) in [6, 6.07) is -0.860. The Kier molecular flexibility index (Phi) is 44.0. The van der Waals surface area contributed by atoms with Crippen molar-refractivity contribution in [1.82, 2.24) is 5.32 Å². The van der Waals surface area contributed by atoms with Crippen LogP contribution in [0.15, 0.2) is 36.5 Å². The molecule has 0 fully saturated rings. The van der Waals surface area contributed by atoms with E-state index in [-0.39, 0.29) is 19.1 Å². The number of carbonyl (C=O) groups is 1. The first-order valence-corrected chi connectivity index (χ1v) is 27.9. The Morgan fingerprint density at radius 3 is 1.29 bits per heavy atom. The lowest BCUT2D eigenvalue weighted by Crippen LogP contribution is -2.45. The van der Waals surface area contributed by atoms with Crippen molar-refractivity contribution in [2.24, 2.45) is 0 Å². The van der Waals surface area contributed by atoms with Gasteiger partial charge in [-0.3, -0.25) is 13.8 Å². The van der Waals surface area contributed by atoms with Gasteiger partial charge < -0.3 is 19.8 Å². The molecule has 0 radical (unpaired) electrons. The number of aliphatic hydroxyl groups excluding tert-OH is 1. The van der Waals surface area contributed by atoms with E-state index in [1.165, 1.54) is 186 Å². The molecule has 0 spiro atoms. The molecule has 0 aromatic heterocycles. The van der Waals surface area contributed by atoms with Crippen LogP contribution in [0, 0.1) is 0 Å². The van der Waals surface area contributed by atoms with E-state index in [4.69, 9.17) is 9.05 Å². The molecule has 0 rings (SSSR count). The summed E-state index contributed by atoms with van der Waals surface area (Å²) in [5, 5.41) is 13.8. The van der Waals surface area contributed by atoms with E-state index in [0.29, 0.717) is 17.4 Å². The predicted molar refractivity (Wildman–Crippen MR) is 268 cm³/mol. The molecule has 3 N–H and O–H groups in total. The fraction of sp³-hybridized carbons (Fsp3) is 0.868. The van der Waals surface area contributed by atoms with Gasteiger partial charge in [0.2, 0.25) is 5.91 Å². The van der Waals surface area contributed by atoms with Crippen LogP contribution < -0.4 is 5.32 Å². The number of unbranched alkanes of at least 4 members (excludes halogenated alkanes) is 31. The van der Waals surface area contributed by atoms with E-state index in [2.05, 4.69) is 43.5 Å². The van der Waals surface area contributed by atoms with Crippen LogP contribution in [0.5, 0.6) is 0 Å². The first-order valence-electron chi connectivity index (χ1n) is 26.4. The number of nitrogens with one attached hydrogen (secondary N) is 1. The van der Waals surface area contributed by atoms with Gasteiger partial charge in [-0.15, -0.1) is 0 Å². The number of rotatable bonds is 48. The van der Waals surface area contributed by atoms with Crippen LogP contribution in [0.2, 0.25) is 0 Å². The highest BCUT2D eigenvalue weighted by molar-refractivity contribution is 7.47. The van der Waals surface area contributed by atoms with Crippen molar-refractivity contribution in [2.75, 3.05) is 40.9 Å². The third-order valence-corrected chi connectivity index (χ3v) is 12.8. The summed E-state index contributed by atoms with van der Waals surface area (Å²) in [6.45, 7) is 4.78. The molecule has 8 nitrogen and oxygen atoms in total. The molecule has 0 saturated heterocycles. The molecule has 0 heterocycles. The number of aliphatic hydroxyl groups is 1. The van der Waals surface area contributed by atoms with E-state index in [9.17, 15) is 19.4 Å². The molecule has 0 saturated carbocycles. The zero-order valence-corrected chi connectivity index (χ0v) is 42.5. The van der Waals surface area contributed by atoms with Crippen molar-refractivity contribution in [2.45, 2.75) is 257 Å². The lowest BCUT2D eigenvalue weighted by Gasteiger charge is -2.25. The zero-order chi connectivity index (χ0) is 45.7. The smallest absolute Gasteiger partial charge is 0.387 e. The summed E-state index contributed by atoms with van der Waals surface area (Å²) in [5.41, 5.74) is 0. The Labute approximate surface area is 385 Å². The van der Waals surface area contributed by atoms with Crippen LogP contribution >= 0.6 is 7.82 Å². The number of phosphoric acid groups is 1. The maximum atomic E-state index is 12.9. The van der Waals surface area contributed by atoms with Gasteiger partial charge in [0.25, 0.3) is 0 Å². The number of quaternary nitrogens is 1. The molecule has 0 aliphatic rings.